The largest absolute Gasteiger partial charge is 0.414 e. The third-order valence-corrected chi connectivity index (χ3v) is 14.9. The van der Waals surface area contributed by atoms with Gasteiger partial charge in [0, 0.05) is 35.0 Å². The fourth-order valence-corrected chi connectivity index (χ4v) is 7.37. The van der Waals surface area contributed by atoms with Gasteiger partial charge in [-0.2, -0.15) is 4.98 Å². The van der Waals surface area contributed by atoms with E-state index in [2.05, 4.69) is 92.2 Å². The van der Waals surface area contributed by atoms with Crippen LogP contribution in [0.1, 0.15) is 54.2 Å². The van der Waals surface area contributed by atoms with Gasteiger partial charge in [0.2, 0.25) is 5.95 Å². The molecule has 1 unspecified atom stereocenters. The summed E-state index contributed by atoms with van der Waals surface area (Å²) in [6.45, 7) is 18.3. The van der Waals surface area contributed by atoms with Crippen molar-refractivity contribution in [2.24, 2.45) is 4.99 Å². The number of aromatic amines is 1. The van der Waals surface area contributed by atoms with E-state index in [-0.39, 0.29) is 39.7 Å². The van der Waals surface area contributed by atoms with Crippen LogP contribution >= 0.6 is 44.2 Å². The van der Waals surface area contributed by atoms with Crippen molar-refractivity contribution in [2.75, 3.05) is 26.6 Å². The Morgan fingerprint density at radius 2 is 2.00 bits per heavy atom. The van der Waals surface area contributed by atoms with E-state index in [1.54, 1.807) is 32.8 Å². The number of hydrogen-bond donors (Lipinski definition) is 1. The molecule has 0 aromatic carbocycles. The molecule has 2 aromatic rings. The fraction of sp³-hybridized carbons (Fsp3) is 0.720. The standard InChI is InChI=1S/C25H42IN5O4S2Si/c1-24(2,3)37-36-15-33-17-11-19(35-18(17)13-34-38(9,10)25(4,5)6)31-12-16(26)20-21(31)28-23(29-22(20)32)27-14-30(7)8/h12,14,17-19H,11,13,15H2,1-10H3,(H,28,29,32)/b27-14+/t17?,18-,19-/m1/s1. The molecule has 3 atom stereocenters. The molecule has 0 saturated carbocycles. The Bertz CT molecular complexity index is 1190. The number of fused-ring (bicyclic) bond motifs is 1. The van der Waals surface area contributed by atoms with E-state index in [1.807, 2.05) is 24.9 Å². The maximum atomic E-state index is 12.9. The van der Waals surface area contributed by atoms with E-state index in [0.717, 1.165) is 3.57 Å². The third-order valence-electron chi connectivity index (χ3n) is 6.58. The monoisotopic (exact) mass is 695 g/mol. The molecule has 0 aliphatic carbocycles. The van der Waals surface area contributed by atoms with E-state index in [4.69, 9.17) is 13.9 Å². The van der Waals surface area contributed by atoms with Crippen LogP contribution in [0.5, 0.6) is 0 Å². The van der Waals surface area contributed by atoms with Crippen molar-refractivity contribution in [1.82, 2.24) is 19.4 Å². The first-order chi connectivity index (χ1) is 17.5. The smallest absolute Gasteiger partial charge is 0.262 e. The van der Waals surface area contributed by atoms with E-state index in [9.17, 15) is 4.79 Å². The number of ether oxygens (including phenoxy) is 2. The number of nitrogens with zero attached hydrogens (tertiary/aromatic N) is 4. The van der Waals surface area contributed by atoms with Crippen LogP contribution < -0.4 is 5.56 Å². The Balaban J connectivity index is 1.87. The summed E-state index contributed by atoms with van der Waals surface area (Å²) in [4.78, 5) is 26.4. The molecule has 9 nitrogen and oxygen atoms in total. The molecule has 0 spiro atoms. The average molecular weight is 696 g/mol. The van der Waals surface area contributed by atoms with Crippen LogP contribution in [-0.2, 0) is 13.9 Å². The lowest BCUT2D eigenvalue weighted by molar-refractivity contribution is -0.0505. The summed E-state index contributed by atoms with van der Waals surface area (Å²) in [6, 6.07) is 0. The van der Waals surface area contributed by atoms with Gasteiger partial charge in [0.25, 0.3) is 5.56 Å². The van der Waals surface area contributed by atoms with Crippen molar-refractivity contribution in [1.29, 1.82) is 0 Å². The van der Waals surface area contributed by atoms with Crippen molar-refractivity contribution in [3.8, 4) is 0 Å². The predicted octanol–water partition coefficient (Wildman–Crippen LogP) is 6.38. The molecule has 3 heterocycles. The maximum absolute atomic E-state index is 12.9. The molecule has 0 bridgehead atoms. The van der Waals surface area contributed by atoms with Gasteiger partial charge in [0.1, 0.15) is 18.3 Å². The molecule has 1 saturated heterocycles. The first-order valence-corrected chi connectivity index (χ1v) is 19.0. The molecule has 0 radical (unpaired) electrons. The summed E-state index contributed by atoms with van der Waals surface area (Å²) in [5.74, 6) is 0.816. The molecule has 1 aliphatic rings. The van der Waals surface area contributed by atoms with Crippen molar-refractivity contribution in [3.63, 3.8) is 0 Å². The molecule has 2 aromatic heterocycles. The molecule has 214 valence electrons. The van der Waals surface area contributed by atoms with Gasteiger partial charge < -0.3 is 23.4 Å². The number of aromatic nitrogens is 3. The Morgan fingerprint density at radius 1 is 1.32 bits per heavy atom. The van der Waals surface area contributed by atoms with Gasteiger partial charge in [-0.25, -0.2) is 4.99 Å². The van der Waals surface area contributed by atoms with Crippen molar-refractivity contribution >= 4 is 75.8 Å². The Labute approximate surface area is 248 Å². The normalized spacial score (nSPS) is 21.2. The number of halogens is 1. The van der Waals surface area contributed by atoms with E-state index in [1.165, 1.54) is 0 Å². The highest BCUT2D eigenvalue weighted by molar-refractivity contribution is 14.1. The second-order valence-corrected chi connectivity index (χ2v) is 21.3. The molecular weight excluding hydrogens is 653 g/mol. The lowest BCUT2D eigenvalue weighted by Gasteiger charge is -2.37. The molecule has 13 heteroatoms. The Hall–Kier alpha value is -0.583. The molecule has 38 heavy (non-hydrogen) atoms. The third kappa shape index (κ3) is 8.23. The van der Waals surface area contributed by atoms with Gasteiger partial charge in [0.05, 0.1) is 24.4 Å². The number of nitrogens with one attached hydrogen (secondary N) is 1. The van der Waals surface area contributed by atoms with Crippen molar-refractivity contribution in [3.05, 3.63) is 20.1 Å². The molecule has 3 rings (SSSR count). The second kappa shape index (κ2) is 12.5. The lowest BCUT2D eigenvalue weighted by atomic mass is 10.2. The van der Waals surface area contributed by atoms with Crippen LogP contribution in [0.15, 0.2) is 16.0 Å². The first kappa shape index (κ1) is 31.9. The Morgan fingerprint density at radius 3 is 2.61 bits per heavy atom. The van der Waals surface area contributed by atoms with E-state index in [0.29, 0.717) is 30.0 Å². The highest BCUT2D eigenvalue weighted by atomic mass is 127. The zero-order valence-corrected chi connectivity index (χ0v) is 28.9. The highest BCUT2D eigenvalue weighted by Crippen LogP contribution is 2.40. The molecule has 1 N–H and O–H groups in total. The summed E-state index contributed by atoms with van der Waals surface area (Å²) in [5.41, 5.74) is 0.333. The van der Waals surface area contributed by atoms with Gasteiger partial charge in [-0.3, -0.25) is 9.78 Å². The van der Waals surface area contributed by atoms with Crippen molar-refractivity contribution < 1.29 is 13.9 Å². The van der Waals surface area contributed by atoms with Gasteiger partial charge >= 0.3 is 0 Å². The van der Waals surface area contributed by atoms with E-state index < -0.39 is 8.32 Å². The molecule has 1 aliphatic heterocycles. The summed E-state index contributed by atoms with van der Waals surface area (Å²) >= 11 is 2.18. The first-order valence-electron chi connectivity index (χ1n) is 12.7. The predicted molar refractivity (Wildman–Crippen MR) is 171 cm³/mol. The highest BCUT2D eigenvalue weighted by Gasteiger charge is 2.42. The molecule has 0 amide bonds. The summed E-state index contributed by atoms with van der Waals surface area (Å²) in [5, 5.41) is 0.635. The number of rotatable bonds is 10. The summed E-state index contributed by atoms with van der Waals surface area (Å²) in [7, 11) is 5.28. The SMILES string of the molecule is CN(C)/C=N/c1nc2c(c(I)cn2[C@H]2CC(OCSSC(C)(C)C)[C@@H](CO[Si](C)(C)C(C)(C)C)O2)c(=O)[nH]1. The van der Waals surface area contributed by atoms with Crippen LogP contribution in [0, 0.1) is 3.57 Å². The zero-order valence-electron chi connectivity index (χ0n) is 24.1. The van der Waals surface area contributed by atoms with Crippen molar-refractivity contribution in [2.45, 2.75) is 89.3 Å². The summed E-state index contributed by atoms with van der Waals surface area (Å²) < 4.78 is 22.4. The molecule has 1 fully saturated rings. The van der Waals surface area contributed by atoms with Crippen LogP contribution in [0.25, 0.3) is 11.0 Å². The lowest BCUT2D eigenvalue weighted by Crippen LogP contribution is -2.44. The van der Waals surface area contributed by atoms with Gasteiger partial charge in [-0.05, 0) is 40.7 Å². The maximum Gasteiger partial charge on any atom is 0.262 e. The van der Waals surface area contributed by atoms with Crippen LogP contribution in [0.3, 0.4) is 0 Å². The number of H-pyrrole nitrogens is 1. The topological polar surface area (TPSA) is 94.0 Å². The number of aliphatic imine (C=N–C) groups is 1. The number of hydrogen-bond acceptors (Lipinski definition) is 8. The van der Waals surface area contributed by atoms with E-state index >= 15 is 0 Å². The summed E-state index contributed by atoms with van der Waals surface area (Å²) in [6.07, 6.45) is 3.48. The van der Waals surface area contributed by atoms with Gasteiger partial charge in [-0.1, -0.05) is 63.1 Å². The van der Waals surface area contributed by atoms with Crippen LogP contribution in [0.4, 0.5) is 5.95 Å². The fourth-order valence-electron chi connectivity index (χ4n) is 3.57. The van der Waals surface area contributed by atoms with Crippen LogP contribution in [0.2, 0.25) is 18.1 Å². The second-order valence-electron chi connectivity index (χ2n) is 12.3. The zero-order chi connectivity index (χ0) is 28.5. The minimum atomic E-state index is -1.97. The van der Waals surface area contributed by atoms with Gasteiger partial charge in [-0.15, -0.1) is 0 Å². The van der Waals surface area contributed by atoms with Gasteiger partial charge in [0.15, 0.2) is 14.0 Å². The Kier molecular flexibility index (Phi) is 10.5. The minimum absolute atomic E-state index is 0.0989. The average Bonchev–Trinajstić information content (AvgIpc) is 3.33. The minimum Gasteiger partial charge on any atom is -0.414 e. The quantitative estimate of drug-likeness (QED) is 0.0583. The molecular formula is C25H42IN5O4S2Si. The van der Waals surface area contributed by atoms with Crippen LogP contribution in [-0.4, -0.2) is 77.7 Å².